The number of halogens is 4. The number of aryl methyl sites for hydroxylation is 1. The Morgan fingerprint density at radius 1 is 1.23 bits per heavy atom. The molecule has 0 spiro atoms. The number of aliphatic imine (C=N–C) groups is 1. The van der Waals surface area contributed by atoms with Crippen molar-refractivity contribution in [3.63, 3.8) is 0 Å². The molecule has 1 saturated heterocycles. The lowest BCUT2D eigenvalue weighted by molar-refractivity contribution is -0.142. The van der Waals surface area contributed by atoms with Crippen LogP contribution >= 0.6 is 24.0 Å². The fourth-order valence-electron chi connectivity index (χ4n) is 3.85. The fourth-order valence-corrected chi connectivity index (χ4v) is 3.85. The molecule has 2 aromatic rings. The Morgan fingerprint density at radius 3 is 2.45 bits per heavy atom. The number of nitrogens with one attached hydrogen (secondary N) is 2. The van der Waals surface area contributed by atoms with E-state index in [-0.39, 0.29) is 42.1 Å². The standard InChI is InChI=1S/C21H29F3N6.HI/c1-15(16-7-5-4-6-8-16)30-11-9-18(10-12-30)27-20(25-2)26-13-17-14-29(3)28-19(17)21(22,23)24;/h4-8,14-15,18H,9-13H2,1-3H3,(H2,25,26,27);1H. The van der Waals surface area contributed by atoms with E-state index < -0.39 is 11.9 Å². The molecular formula is C21H30F3IN6. The number of alkyl halides is 3. The highest BCUT2D eigenvalue weighted by molar-refractivity contribution is 14.0. The van der Waals surface area contributed by atoms with E-state index in [1.54, 1.807) is 7.05 Å². The van der Waals surface area contributed by atoms with Gasteiger partial charge in [-0.15, -0.1) is 24.0 Å². The van der Waals surface area contributed by atoms with Gasteiger partial charge in [-0.05, 0) is 25.3 Å². The van der Waals surface area contributed by atoms with E-state index in [0.29, 0.717) is 12.0 Å². The molecule has 1 fully saturated rings. The van der Waals surface area contributed by atoms with Crippen molar-refractivity contribution >= 4 is 29.9 Å². The van der Waals surface area contributed by atoms with Gasteiger partial charge in [0.05, 0.1) is 0 Å². The zero-order valence-corrected chi connectivity index (χ0v) is 20.3. The normalized spacial score (nSPS) is 17.2. The molecule has 0 amide bonds. The molecule has 1 aliphatic rings. The number of rotatable bonds is 5. The number of guanidine groups is 1. The number of benzene rings is 1. The molecule has 31 heavy (non-hydrogen) atoms. The molecule has 0 saturated carbocycles. The maximum Gasteiger partial charge on any atom is 0.435 e. The van der Waals surface area contributed by atoms with Crippen LogP contribution in [0.15, 0.2) is 41.5 Å². The molecule has 3 rings (SSSR count). The maximum atomic E-state index is 13.1. The summed E-state index contributed by atoms with van der Waals surface area (Å²) in [5.41, 5.74) is 0.536. The molecule has 1 aromatic heterocycles. The van der Waals surface area contributed by atoms with Crippen LogP contribution < -0.4 is 10.6 Å². The number of hydrogen-bond donors (Lipinski definition) is 2. The largest absolute Gasteiger partial charge is 0.435 e. The molecule has 0 aliphatic carbocycles. The first-order chi connectivity index (χ1) is 14.3. The predicted octanol–water partition coefficient (Wildman–Crippen LogP) is 3.95. The highest BCUT2D eigenvalue weighted by Crippen LogP contribution is 2.30. The van der Waals surface area contributed by atoms with Crippen LogP contribution in [0.1, 0.15) is 42.6 Å². The second kappa shape index (κ2) is 11.2. The molecule has 1 aliphatic heterocycles. The van der Waals surface area contributed by atoms with Crippen LogP contribution in [0.25, 0.3) is 0 Å². The van der Waals surface area contributed by atoms with Gasteiger partial charge in [0, 0.05) is 57.6 Å². The molecule has 1 aromatic carbocycles. The molecule has 1 unspecified atom stereocenters. The second-order valence-corrected chi connectivity index (χ2v) is 7.64. The minimum absolute atomic E-state index is 0. The molecule has 2 heterocycles. The van der Waals surface area contributed by atoms with Crippen LogP contribution in [0.5, 0.6) is 0 Å². The van der Waals surface area contributed by atoms with Crippen LogP contribution in [0.4, 0.5) is 13.2 Å². The van der Waals surface area contributed by atoms with E-state index in [0.717, 1.165) is 25.9 Å². The molecule has 0 bridgehead atoms. The first-order valence-corrected chi connectivity index (χ1v) is 10.1. The summed E-state index contributed by atoms with van der Waals surface area (Å²) >= 11 is 0. The van der Waals surface area contributed by atoms with Gasteiger partial charge >= 0.3 is 6.18 Å². The Kier molecular flexibility index (Phi) is 9.16. The van der Waals surface area contributed by atoms with Crippen molar-refractivity contribution in [3.05, 3.63) is 53.3 Å². The summed E-state index contributed by atoms with van der Waals surface area (Å²) in [4.78, 5) is 6.62. The lowest BCUT2D eigenvalue weighted by atomic mass is 10.0. The van der Waals surface area contributed by atoms with Gasteiger partial charge in [-0.25, -0.2) is 0 Å². The first kappa shape index (κ1) is 25.4. The molecule has 10 heteroatoms. The minimum Gasteiger partial charge on any atom is -0.354 e. The topological polar surface area (TPSA) is 57.5 Å². The van der Waals surface area contributed by atoms with Crippen LogP contribution in [0.3, 0.4) is 0 Å². The molecule has 172 valence electrons. The summed E-state index contributed by atoms with van der Waals surface area (Å²) < 4.78 is 40.5. The van der Waals surface area contributed by atoms with Crippen molar-refractivity contribution in [2.24, 2.45) is 12.0 Å². The van der Waals surface area contributed by atoms with E-state index in [9.17, 15) is 13.2 Å². The third-order valence-corrected chi connectivity index (χ3v) is 5.54. The van der Waals surface area contributed by atoms with Crippen molar-refractivity contribution in [1.29, 1.82) is 0 Å². The van der Waals surface area contributed by atoms with Gasteiger partial charge in [0.15, 0.2) is 11.7 Å². The number of likely N-dealkylation sites (tertiary alicyclic amines) is 1. The van der Waals surface area contributed by atoms with Gasteiger partial charge in [-0.2, -0.15) is 18.3 Å². The summed E-state index contributed by atoms with van der Waals surface area (Å²) in [7, 11) is 3.10. The lowest BCUT2D eigenvalue weighted by Crippen LogP contribution is -2.48. The molecule has 2 N–H and O–H groups in total. The van der Waals surface area contributed by atoms with Gasteiger partial charge in [0.1, 0.15) is 0 Å². The van der Waals surface area contributed by atoms with Gasteiger partial charge in [0.25, 0.3) is 0 Å². The quantitative estimate of drug-likeness (QED) is 0.337. The molecule has 6 nitrogen and oxygen atoms in total. The Morgan fingerprint density at radius 2 is 1.87 bits per heavy atom. The Hall–Kier alpha value is -1.82. The van der Waals surface area contributed by atoms with Gasteiger partial charge in [-0.3, -0.25) is 14.6 Å². The Balaban J connectivity index is 0.00000341. The number of hydrogen-bond acceptors (Lipinski definition) is 3. The van der Waals surface area contributed by atoms with Crippen LogP contribution in [0, 0.1) is 0 Å². The average Bonchev–Trinajstić information content (AvgIpc) is 3.13. The highest BCUT2D eigenvalue weighted by Gasteiger charge is 2.36. The third kappa shape index (κ3) is 6.83. The van der Waals surface area contributed by atoms with Gasteiger partial charge in [0.2, 0.25) is 0 Å². The minimum atomic E-state index is -4.47. The van der Waals surface area contributed by atoms with Gasteiger partial charge in [-0.1, -0.05) is 30.3 Å². The smallest absolute Gasteiger partial charge is 0.354 e. The van der Waals surface area contributed by atoms with Crippen molar-refractivity contribution in [2.45, 2.75) is 44.6 Å². The van der Waals surface area contributed by atoms with E-state index >= 15 is 0 Å². The summed E-state index contributed by atoms with van der Waals surface area (Å²) in [6, 6.07) is 11.0. The summed E-state index contributed by atoms with van der Waals surface area (Å²) in [6.45, 7) is 4.12. The van der Waals surface area contributed by atoms with E-state index in [4.69, 9.17) is 0 Å². The molecular weight excluding hydrogens is 520 g/mol. The fraction of sp³-hybridized carbons (Fsp3) is 0.524. The number of nitrogens with zero attached hydrogens (tertiary/aromatic N) is 4. The van der Waals surface area contributed by atoms with Gasteiger partial charge < -0.3 is 10.6 Å². The third-order valence-electron chi connectivity index (χ3n) is 5.54. The van der Waals surface area contributed by atoms with Crippen molar-refractivity contribution < 1.29 is 13.2 Å². The van der Waals surface area contributed by atoms with Crippen molar-refractivity contribution in [1.82, 2.24) is 25.3 Å². The van der Waals surface area contributed by atoms with Crippen LogP contribution in [-0.2, 0) is 19.8 Å². The summed E-state index contributed by atoms with van der Waals surface area (Å²) in [5.74, 6) is 0.501. The molecule has 0 radical (unpaired) electrons. The average molecular weight is 550 g/mol. The predicted molar refractivity (Wildman–Crippen MR) is 126 cm³/mol. The van der Waals surface area contributed by atoms with Crippen molar-refractivity contribution in [3.8, 4) is 0 Å². The Bertz CT molecular complexity index is 845. The number of aromatic nitrogens is 2. The summed E-state index contributed by atoms with van der Waals surface area (Å²) in [5, 5.41) is 9.87. The highest BCUT2D eigenvalue weighted by atomic mass is 127. The van der Waals surface area contributed by atoms with E-state index in [2.05, 4.69) is 56.8 Å². The van der Waals surface area contributed by atoms with Crippen LogP contribution in [0.2, 0.25) is 0 Å². The number of piperidine rings is 1. The monoisotopic (exact) mass is 550 g/mol. The van der Waals surface area contributed by atoms with E-state index in [1.807, 2.05) is 6.07 Å². The zero-order valence-electron chi connectivity index (χ0n) is 18.0. The zero-order chi connectivity index (χ0) is 21.7. The molecule has 1 atom stereocenters. The summed E-state index contributed by atoms with van der Waals surface area (Å²) in [6.07, 6.45) is -1.21. The van der Waals surface area contributed by atoms with E-state index in [1.165, 1.54) is 23.5 Å². The second-order valence-electron chi connectivity index (χ2n) is 7.64. The van der Waals surface area contributed by atoms with Crippen molar-refractivity contribution in [2.75, 3.05) is 20.1 Å². The SMILES string of the molecule is CN=C(NCc1cn(C)nc1C(F)(F)F)NC1CCN(C(C)c2ccccc2)CC1.I. The first-order valence-electron chi connectivity index (χ1n) is 10.1. The van der Waals surface area contributed by atoms with Crippen LogP contribution in [-0.4, -0.2) is 46.8 Å². The Labute approximate surface area is 198 Å². The lowest BCUT2D eigenvalue weighted by Gasteiger charge is -2.37. The maximum absolute atomic E-state index is 13.1.